The fraction of sp³-hybridized carbons (Fsp3) is 0.500. The molecule has 6 heteroatoms. The van der Waals surface area contributed by atoms with Crippen molar-refractivity contribution in [3.05, 3.63) is 23.4 Å². The van der Waals surface area contributed by atoms with E-state index in [4.69, 9.17) is 11.6 Å². The van der Waals surface area contributed by atoms with Crippen molar-refractivity contribution >= 4 is 23.4 Å². The van der Waals surface area contributed by atoms with Crippen molar-refractivity contribution in [2.75, 3.05) is 32.1 Å². The van der Waals surface area contributed by atoms with E-state index >= 15 is 0 Å². The third-order valence-electron chi connectivity index (χ3n) is 3.03. The van der Waals surface area contributed by atoms with Gasteiger partial charge in [-0.25, -0.2) is 4.98 Å². The Morgan fingerprint density at radius 2 is 2.44 bits per heavy atom. The standard InChI is InChI=1S/C12H18ClN5/c1-14-12(15-2)17-9-5-7-18(8-9)11-10(13)4-3-6-16-11/h3-4,6,9H,5,7-8H2,1-2H3,(H2,14,15,17). The molecule has 1 saturated heterocycles. The minimum atomic E-state index is 0.370. The lowest BCUT2D eigenvalue weighted by atomic mass is 10.3. The molecule has 0 spiro atoms. The number of aliphatic imine (C=N–C) groups is 1. The van der Waals surface area contributed by atoms with E-state index in [1.807, 2.05) is 19.2 Å². The van der Waals surface area contributed by atoms with Gasteiger partial charge in [0.05, 0.1) is 5.02 Å². The number of nitrogens with zero attached hydrogens (tertiary/aromatic N) is 3. The quantitative estimate of drug-likeness (QED) is 0.623. The molecule has 1 unspecified atom stereocenters. The van der Waals surface area contributed by atoms with Crippen LogP contribution in [0.3, 0.4) is 0 Å². The summed E-state index contributed by atoms with van der Waals surface area (Å²) in [5.41, 5.74) is 0. The van der Waals surface area contributed by atoms with E-state index in [2.05, 4.69) is 25.5 Å². The lowest BCUT2D eigenvalue weighted by molar-refractivity contribution is 0.657. The molecule has 2 heterocycles. The molecule has 1 atom stereocenters. The molecule has 0 aliphatic carbocycles. The molecule has 0 radical (unpaired) electrons. The minimum Gasteiger partial charge on any atom is -0.359 e. The maximum absolute atomic E-state index is 6.15. The van der Waals surface area contributed by atoms with Gasteiger partial charge in [-0.3, -0.25) is 4.99 Å². The van der Waals surface area contributed by atoms with Crippen LogP contribution in [-0.2, 0) is 0 Å². The summed E-state index contributed by atoms with van der Waals surface area (Å²) in [4.78, 5) is 10.7. The van der Waals surface area contributed by atoms with Gasteiger partial charge in [-0.2, -0.15) is 0 Å². The van der Waals surface area contributed by atoms with E-state index in [-0.39, 0.29) is 0 Å². The van der Waals surface area contributed by atoms with Crippen LogP contribution in [0.4, 0.5) is 5.82 Å². The number of anilines is 1. The minimum absolute atomic E-state index is 0.370. The molecule has 0 amide bonds. The molecule has 5 nitrogen and oxygen atoms in total. The highest BCUT2D eigenvalue weighted by molar-refractivity contribution is 6.32. The Morgan fingerprint density at radius 1 is 1.61 bits per heavy atom. The second-order valence-electron chi connectivity index (χ2n) is 4.21. The molecule has 1 aromatic rings. The first-order valence-corrected chi connectivity index (χ1v) is 6.39. The van der Waals surface area contributed by atoms with Crippen molar-refractivity contribution in [2.24, 2.45) is 4.99 Å². The van der Waals surface area contributed by atoms with Crippen LogP contribution >= 0.6 is 11.6 Å². The number of hydrogen-bond acceptors (Lipinski definition) is 3. The number of pyridine rings is 1. The predicted octanol–water partition coefficient (Wildman–Crippen LogP) is 1.11. The number of aromatic nitrogens is 1. The van der Waals surface area contributed by atoms with Crippen molar-refractivity contribution in [3.8, 4) is 0 Å². The largest absolute Gasteiger partial charge is 0.359 e. The number of rotatable bonds is 2. The smallest absolute Gasteiger partial charge is 0.190 e. The zero-order valence-corrected chi connectivity index (χ0v) is 11.4. The van der Waals surface area contributed by atoms with E-state index in [1.54, 1.807) is 13.2 Å². The van der Waals surface area contributed by atoms with Crippen molar-refractivity contribution in [2.45, 2.75) is 12.5 Å². The summed E-state index contributed by atoms with van der Waals surface area (Å²) < 4.78 is 0. The molecule has 1 aliphatic rings. The van der Waals surface area contributed by atoms with Gasteiger partial charge in [-0.1, -0.05) is 11.6 Å². The Hall–Kier alpha value is -1.49. The highest BCUT2D eigenvalue weighted by Gasteiger charge is 2.25. The first kappa shape index (κ1) is 13.0. The zero-order chi connectivity index (χ0) is 13.0. The van der Waals surface area contributed by atoms with Gasteiger partial charge >= 0.3 is 0 Å². The molecule has 2 rings (SSSR count). The average molecular weight is 268 g/mol. The monoisotopic (exact) mass is 267 g/mol. The first-order chi connectivity index (χ1) is 8.74. The van der Waals surface area contributed by atoms with Gasteiger partial charge in [0.25, 0.3) is 0 Å². The summed E-state index contributed by atoms with van der Waals surface area (Å²) >= 11 is 6.15. The van der Waals surface area contributed by atoms with Crippen LogP contribution in [0.2, 0.25) is 5.02 Å². The second-order valence-corrected chi connectivity index (χ2v) is 4.61. The molecular weight excluding hydrogens is 250 g/mol. The molecule has 0 aromatic carbocycles. The molecule has 1 aromatic heterocycles. The molecule has 0 bridgehead atoms. The Kier molecular flexibility index (Phi) is 4.25. The summed E-state index contributed by atoms with van der Waals surface area (Å²) in [6, 6.07) is 4.09. The van der Waals surface area contributed by atoms with Gasteiger partial charge in [-0.05, 0) is 18.6 Å². The van der Waals surface area contributed by atoms with Gasteiger partial charge < -0.3 is 15.5 Å². The van der Waals surface area contributed by atoms with Gasteiger partial charge in [0.1, 0.15) is 5.82 Å². The van der Waals surface area contributed by atoms with Crippen molar-refractivity contribution < 1.29 is 0 Å². The average Bonchev–Trinajstić information content (AvgIpc) is 2.85. The number of hydrogen-bond donors (Lipinski definition) is 2. The Bertz CT molecular complexity index is 434. The highest BCUT2D eigenvalue weighted by atomic mass is 35.5. The maximum Gasteiger partial charge on any atom is 0.190 e. The molecule has 18 heavy (non-hydrogen) atoms. The van der Waals surface area contributed by atoms with E-state index in [0.717, 1.165) is 31.3 Å². The van der Waals surface area contributed by atoms with Crippen LogP contribution in [-0.4, -0.2) is 44.2 Å². The summed E-state index contributed by atoms with van der Waals surface area (Å²) in [6.07, 6.45) is 2.82. The zero-order valence-electron chi connectivity index (χ0n) is 10.7. The van der Waals surface area contributed by atoms with E-state index in [9.17, 15) is 0 Å². The lowest BCUT2D eigenvalue weighted by Gasteiger charge is -2.19. The van der Waals surface area contributed by atoms with Crippen molar-refractivity contribution in [1.82, 2.24) is 15.6 Å². The van der Waals surface area contributed by atoms with Crippen molar-refractivity contribution in [1.29, 1.82) is 0 Å². The third kappa shape index (κ3) is 2.85. The third-order valence-corrected chi connectivity index (χ3v) is 3.32. The topological polar surface area (TPSA) is 52.6 Å². The van der Waals surface area contributed by atoms with Gasteiger partial charge in [-0.15, -0.1) is 0 Å². The van der Waals surface area contributed by atoms with E-state index in [0.29, 0.717) is 11.1 Å². The number of nitrogens with one attached hydrogen (secondary N) is 2. The van der Waals surface area contributed by atoms with Crippen LogP contribution in [0.1, 0.15) is 6.42 Å². The number of guanidine groups is 1. The van der Waals surface area contributed by atoms with Gasteiger partial charge in [0.2, 0.25) is 0 Å². The highest BCUT2D eigenvalue weighted by Crippen LogP contribution is 2.25. The summed E-state index contributed by atoms with van der Waals surface area (Å²) in [6.45, 7) is 1.84. The van der Waals surface area contributed by atoms with Crippen LogP contribution in [0.5, 0.6) is 0 Å². The molecule has 1 fully saturated rings. The molecule has 0 saturated carbocycles. The second kappa shape index (κ2) is 5.91. The molecular formula is C12H18ClN5. The summed E-state index contributed by atoms with van der Waals surface area (Å²) in [5.74, 6) is 1.68. The normalized spacial score (nSPS) is 20.1. The summed E-state index contributed by atoms with van der Waals surface area (Å²) in [7, 11) is 3.62. The molecule has 98 valence electrons. The first-order valence-electron chi connectivity index (χ1n) is 6.01. The molecule has 2 N–H and O–H groups in total. The predicted molar refractivity (Wildman–Crippen MR) is 75.4 cm³/mol. The SMILES string of the molecule is CN=C(NC)NC1CCN(c2ncccc2Cl)C1. The van der Waals surface area contributed by atoms with Crippen molar-refractivity contribution in [3.63, 3.8) is 0 Å². The summed E-state index contributed by atoms with van der Waals surface area (Å²) in [5, 5.41) is 7.09. The fourth-order valence-electron chi connectivity index (χ4n) is 2.12. The van der Waals surface area contributed by atoms with Crippen LogP contribution in [0, 0.1) is 0 Å². The Balaban J connectivity index is 1.99. The van der Waals surface area contributed by atoms with E-state index in [1.165, 1.54) is 0 Å². The van der Waals surface area contributed by atoms with Crippen LogP contribution in [0.25, 0.3) is 0 Å². The fourth-order valence-corrected chi connectivity index (χ4v) is 2.36. The van der Waals surface area contributed by atoms with Crippen LogP contribution in [0.15, 0.2) is 23.3 Å². The number of halogens is 1. The van der Waals surface area contributed by atoms with Crippen LogP contribution < -0.4 is 15.5 Å². The lowest BCUT2D eigenvalue weighted by Crippen LogP contribution is -2.43. The maximum atomic E-state index is 6.15. The van der Waals surface area contributed by atoms with E-state index < -0.39 is 0 Å². The van der Waals surface area contributed by atoms with Gasteiger partial charge in [0.15, 0.2) is 5.96 Å². The molecule has 1 aliphatic heterocycles. The Morgan fingerprint density at radius 3 is 3.11 bits per heavy atom. The van der Waals surface area contributed by atoms with Gasteiger partial charge in [0, 0.05) is 39.4 Å². The Labute approximate surface area is 112 Å².